The zero-order valence-electron chi connectivity index (χ0n) is 16.3. The van der Waals surface area contributed by atoms with Crippen molar-refractivity contribution in [3.8, 4) is 11.5 Å². The minimum atomic E-state index is -0.539. The molecule has 0 bridgehead atoms. The van der Waals surface area contributed by atoms with Crippen LogP contribution in [-0.4, -0.2) is 35.9 Å². The number of benzene rings is 2. The Hall–Kier alpha value is -3.00. The summed E-state index contributed by atoms with van der Waals surface area (Å²) in [4.78, 5) is 29.1. The normalized spacial score (nSPS) is 17.1. The summed E-state index contributed by atoms with van der Waals surface area (Å²) < 4.78 is 10.8. The molecule has 8 heteroatoms. The summed E-state index contributed by atoms with van der Waals surface area (Å²) in [7, 11) is 1.58. The van der Waals surface area contributed by atoms with Gasteiger partial charge in [-0.05, 0) is 30.7 Å². The molecule has 29 heavy (non-hydrogen) atoms. The molecule has 2 amide bonds. The number of hydrogen-bond acceptors (Lipinski definition) is 6. The van der Waals surface area contributed by atoms with Crippen LogP contribution >= 0.6 is 11.8 Å². The molecule has 0 radical (unpaired) electrons. The molecule has 1 atom stereocenters. The van der Waals surface area contributed by atoms with Crippen LogP contribution in [0, 0.1) is 0 Å². The zero-order valence-corrected chi connectivity index (χ0v) is 17.1. The molecule has 1 saturated heterocycles. The highest BCUT2D eigenvalue weighted by Gasteiger charge is 2.32. The van der Waals surface area contributed by atoms with Crippen LogP contribution in [0.15, 0.2) is 53.5 Å². The lowest BCUT2D eigenvalue weighted by Crippen LogP contribution is -2.28. The Kier molecular flexibility index (Phi) is 7.13. The maximum Gasteiger partial charge on any atom is 0.240 e. The lowest BCUT2D eigenvalue weighted by Gasteiger charge is -2.12. The number of hydrogen-bond donors (Lipinski definition) is 2. The summed E-state index contributed by atoms with van der Waals surface area (Å²) in [6, 6.07) is 14.5. The van der Waals surface area contributed by atoms with Crippen molar-refractivity contribution in [2.45, 2.75) is 25.0 Å². The van der Waals surface area contributed by atoms with Gasteiger partial charge >= 0.3 is 0 Å². The number of carbonyl (C=O) groups excluding carboxylic acids is 2. The van der Waals surface area contributed by atoms with E-state index in [2.05, 4.69) is 15.6 Å². The van der Waals surface area contributed by atoms with E-state index in [1.54, 1.807) is 25.3 Å². The van der Waals surface area contributed by atoms with E-state index >= 15 is 0 Å². The Balaban J connectivity index is 1.61. The lowest BCUT2D eigenvalue weighted by molar-refractivity contribution is -0.122. The number of thioether (sulfide) groups is 1. The van der Waals surface area contributed by atoms with E-state index in [1.165, 1.54) is 11.8 Å². The maximum atomic E-state index is 12.5. The Bertz CT molecular complexity index is 916. The molecule has 1 aliphatic rings. The van der Waals surface area contributed by atoms with Crippen molar-refractivity contribution >= 4 is 40.1 Å². The van der Waals surface area contributed by atoms with Crippen molar-refractivity contribution in [2.24, 2.45) is 4.99 Å². The molecule has 0 saturated carbocycles. The van der Waals surface area contributed by atoms with Gasteiger partial charge in [-0.3, -0.25) is 9.59 Å². The largest absolute Gasteiger partial charge is 0.497 e. The van der Waals surface area contributed by atoms with Gasteiger partial charge in [0.25, 0.3) is 0 Å². The minimum absolute atomic E-state index is 0.0374. The number of amidine groups is 1. The highest BCUT2D eigenvalue weighted by Crippen LogP contribution is 2.28. The average molecular weight is 413 g/mol. The zero-order chi connectivity index (χ0) is 20.6. The molecule has 0 aliphatic carbocycles. The van der Waals surface area contributed by atoms with Gasteiger partial charge in [-0.25, -0.2) is 4.99 Å². The third kappa shape index (κ3) is 5.74. The molecule has 1 fully saturated rings. The summed E-state index contributed by atoms with van der Waals surface area (Å²) in [5, 5.41) is 5.49. The van der Waals surface area contributed by atoms with Gasteiger partial charge in [-0.1, -0.05) is 36.9 Å². The first-order chi connectivity index (χ1) is 14.1. The summed E-state index contributed by atoms with van der Waals surface area (Å²) in [5.74, 6) is 0.808. The second-order valence-corrected chi connectivity index (χ2v) is 7.50. The number of methoxy groups -OCH3 is 1. The van der Waals surface area contributed by atoms with E-state index in [0.29, 0.717) is 34.6 Å². The second kappa shape index (κ2) is 9.97. The molecule has 2 N–H and O–H groups in total. The molecule has 3 rings (SSSR count). The number of ether oxygens (including phenoxy) is 2. The minimum Gasteiger partial charge on any atom is -0.497 e. The number of rotatable bonds is 8. The van der Waals surface area contributed by atoms with Crippen molar-refractivity contribution < 1.29 is 19.1 Å². The molecule has 0 spiro atoms. The van der Waals surface area contributed by atoms with Crippen LogP contribution < -0.4 is 20.1 Å². The van der Waals surface area contributed by atoms with Gasteiger partial charge in [0.1, 0.15) is 16.7 Å². The number of carbonyl (C=O) groups is 2. The highest BCUT2D eigenvalue weighted by molar-refractivity contribution is 8.15. The van der Waals surface area contributed by atoms with Gasteiger partial charge < -0.3 is 20.1 Å². The molecule has 1 heterocycles. The van der Waals surface area contributed by atoms with Crippen LogP contribution in [0.1, 0.15) is 19.8 Å². The number of nitrogens with zero attached hydrogens (tertiary/aromatic N) is 1. The third-order valence-electron chi connectivity index (χ3n) is 4.05. The number of nitrogens with one attached hydrogen (secondary N) is 2. The summed E-state index contributed by atoms with van der Waals surface area (Å²) in [6.07, 6.45) is 0.909. The standard InChI is InChI=1S/C21H23N3O4S/c1-3-11-28-17-10-5-4-9-16(17)23-19(25)13-18-20(26)24-21(29-18)22-14-7-6-8-15(12-14)27-2/h4-10,12,18H,3,11,13H2,1-2H3,(H,23,25)(H,22,24,26)/t18-/m0/s1. The fourth-order valence-electron chi connectivity index (χ4n) is 2.67. The fraction of sp³-hybridized carbons (Fsp3) is 0.286. The molecule has 0 aromatic heterocycles. The Morgan fingerprint density at radius 1 is 1.24 bits per heavy atom. The van der Waals surface area contributed by atoms with Crippen LogP contribution in [0.25, 0.3) is 0 Å². The van der Waals surface area contributed by atoms with Crippen molar-refractivity contribution in [3.63, 3.8) is 0 Å². The van der Waals surface area contributed by atoms with Gasteiger partial charge in [0.15, 0.2) is 5.17 Å². The van der Waals surface area contributed by atoms with Crippen molar-refractivity contribution in [1.29, 1.82) is 0 Å². The third-order valence-corrected chi connectivity index (χ3v) is 5.14. The van der Waals surface area contributed by atoms with Gasteiger partial charge in [-0.2, -0.15) is 0 Å². The van der Waals surface area contributed by atoms with Gasteiger partial charge in [0, 0.05) is 12.5 Å². The van der Waals surface area contributed by atoms with Crippen LogP contribution in [0.4, 0.5) is 11.4 Å². The Morgan fingerprint density at radius 3 is 2.86 bits per heavy atom. The quantitative estimate of drug-likeness (QED) is 0.688. The van der Waals surface area contributed by atoms with Crippen LogP contribution in [0.2, 0.25) is 0 Å². The topological polar surface area (TPSA) is 89.0 Å². The van der Waals surface area contributed by atoms with Crippen molar-refractivity contribution in [2.75, 3.05) is 19.0 Å². The summed E-state index contributed by atoms with van der Waals surface area (Å²) in [5.41, 5.74) is 1.26. The molecule has 1 aliphatic heterocycles. The number of amides is 2. The Morgan fingerprint density at radius 2 is 2.07 bits per heavy atom. The highest BCUT2D eigenvalue weighted by atomic mass is 32.2. The molecule has 2 aromatic rings. The second-order valence-electron chi connectivity index (χ2n) is 6.31. The number of aliphatic imine (C=N–C) groups is 1. The SMILES string of the molecule is CCCOc1ccccc1NC(=O)C[C@@H]1SC(=Nc2cccc(OC)c2)NC1=O. The lowest BCUT2D eigenvalue weighted by atomic mass is 10.2. The molecule has 152 valence electrons. The first kappa shape index (κ1) is 20.7. The first-order valence-electron chi connectivity index (χ1n) is 9.31. The van der Waals surface area contributed by atoms with Gasteiger partial charge in [0.05, 0.1) is 25.1 Å². The summed E-state index contributed by atoms with van der Waals surface area (Å²) >= 11 is 1.24. The number of para-hydroxylation sites is 2. The fourth-order valence-corrected chi connectivity index (χ4v) is 3.65. The first-order valence-corrected chi connectivity index (χ1v) is 10.2. The predicted octanol–water partition coefficient (Wildman–Crippen LogP) is 3.73. The van der Waals surface area contributed by atoms with E-state index in [1.807, 2.05) is 37.3 Å². The van der Waals surface area contributed by atoms with E-state index in [-0.39, 0.29) is 18.2 Å². The summed E-state index contributed by atoms with van der Waals surface area (Å²) in [6.45, 7) is 2.58. The number of anilines is 1. The molecule has 2 aromatic carbocycles. The van der Waals surface area contributed by atoms with Crippen LogP contribution in [-0.2, 0) is 9.59 Å². The maximum absolute atomic E-state index is 12.5. The van der Waals surface area contributed by atoms with Crippen molar-refractivity contribution in [1.82, 2.24) is 5.32 Å². The smallest absolute Gasteiger partial charge is 0.240 e. The Labute approximate surface area is 173 Å². The monoisotopic (exact) mass is 413 g/mol. The average Bonchev–Trinajstić information content (AvgIpc) is 3.05. The van der Waals surface area contributed by atoms with Crippen LogP contribution in [0.5, 0.6) is 11.5 Å². The molecule has 0 unspecified atom stereocenters. The molecule has 7 nitrogen and oxygen atoms in total. The van der Waals surface area contributed by atoms with E-state index in [9.17, 15) is 9.59 Å². The van der Waals surface area contributed by atoms with Gasteiger partial charge in [0.2, 0.25) is 11.8 Å². The van der Waals surface area contributed by atoms with Gasteiger partial charge in [-0.15, -0.1) is 0 Å². The van der Waals surface area contributed by atoms with E-state index in [4.69, 9.17) is 9.47 Å². The van der Waals surface area contributed by atoms with Crippen molar-refractivity contribution in [3.05, 3.63) is 48.5 Å². The molecular weight excluding hydrogens is 390 g/mol. The molecular formula is C21H23N3O4S. The van der Waals surface area contributed by atoms with E-state index < -0.39 is 5.25 Å². The predicted molar refractivity (Wildman–Crippen MR) is 115 cm³/mol. The van der Waals surface area contributed by atoms with Crippen LogP contribution in [0.3, 0.4) is 0 Å². The van der Waals surface area contributed by atoms with E-state index in [0.717, 1.165) is 6.42 Å².